The van der Waals surface area contributed by atoms with Crippen molar-refractivity contribution in [3.8, 4) is 17.2 Å². The number of aliphatic hydroxyl groups is 1. The highest BCUT2D eigenvalue weighted by Crippen LogP contribution is 2.21. The molecule has 0 bridgehead atoms. The Morgan fingerprint density at radius 3 is 1.89 bits per heavy atom. The fraction of sp³-hybridized carbons (Fsp3) is 0.200. The summed E-state index contributed by atoms with van der Waals surface area (Å²) in [4.78, 5) is 0. The molecule has 2 rings (SSSR count). The molecule has 4 heteroatoms. The zero-order chi connectivity index (χ0) is 13.7. The van der Waals surface area contributed by atoms with Gasteiger partial charge in [0.25, 0.3) is 0 Å². The van der Waals surface area contributed by atoms with E-state index in [-0.39, 0.29) is 24.0 Å². The van der Waals surface area contributed by atoms with Crippen LogP contribution in [0.1, 0.15) is 11.5 Å². The monoisotopic (exact) mass is 260 g/mol. The average Bonchev–Trinajstić information content (AvgIpc) is 2.43. The summed E-state index contributed by atoms with van der Waals surface area (Å²) in [6.07, 6.45) is 0. The van der Waals surface area contributed by atoms with Crippen LogP contribution in [0.5, 0.6) is 17.2 Å². The van der Waals surface area contributed by atoms with Gasteiger partial charge in [-0.25, -0.2) is 0 Å². The van der Waals surface area contributed by atoms with Gasteiger partial charge in [0.2, 0.25) is 0 Å². The minimum atomic E-state index is -0.158. The van der Waals surface area contributed by atoms with E-state index in [0.29, 0.717) is 12.4 Å². The van der Waals surface area contributed by atoms with Gasteiger partial charge in [0.15, 0.2) is 0 Å². The van der Waals surface area contributed by atoms with E-state index in [9.17, 15) is 10.2 Å². The Labute approximate surface area is 111 Å². The predicted molar refractivity (Wildman–Crippen MR) is 71.5 cm³/mol. The van der Waals surface area contributed by atoms with E-state index in [1.54, 1.807) is 48.5 Å². The molecule has 0 saturated carbocycles. The first-order valence-electron chi connectivity index (χ1n) is 6.00. The number of aromatic hydroxyl groups is 2. The minimum Gasteiger partial charge on any atom is -0.508 e. The van der Waals surface area contributed by atoms with E-state index < -0.39 is 0 Å². The van der Waals surface area contributed by atoms with E-state index in [1.165, 1.54) is 0 Å². The van der Waals surface area contributed by atoms with Gasteiger partial charge in [-0.2, -0.15) is 0 Å². The van der Waals surface area contributed by atoms with Gasteiger partial charge in [0.1, 0.15) is 17.2 Å². The van der Waals surface area contributed by atoms with Crippen molar-refractivity contribution in [1.82, 2.24) is 0 Å². The molecule has 0 saturated heterocycles. The molecule has 0 heterocycles. The third-order valence-electron chi connectivity index (χ3n) is 2.87. The molecule has 4 nitrogen and oxygen atoms in total. The number of aliphatic hydroxyl groups excluding tert-OH is 1. The molecule has 0 aliphatic heterocycles. The molecule has 3 N–H and O–H groups in total. The summed E-state index contributed by atoms with van der Waals surface area (Å²) in [7, 11) is 0. The molecule has 0 aromatic heterocycles. The van der Waals surface area contributed by atoms with Crippen LogP contribution in [0.25, 0.3) is 0 Å². The Balaban J connectivity index is 1.99. The van der Waals surface area contributed by atoms with E-state index in [2.05, 4.69) is 0 Å². The van der Waals surface area contributed by atoms with E-state index in [4.69, 9.17) is 9.84 Å². The van der Waals surface area contributed by atoms with Gasteiger partial charge in [-0.15, -0.1) is 0 Å². The van der Waals surface area contributed by atoms with Gasteiger partial charge in [-0.3, -0.25) is 0 Å². The van der Waals surface area contributed by atoms with E-state index in [1.807, 2.05) is 0 Å². The van der Waals surface area contributed by atoms with Crippen LogP contribution < -0.4 is 4.74 Å². The van der Waals surface area contributed by atoms with Crippen LogP contribution in [0.4, 0.5) is 0 Å². The zero-order valence-corrected chi connectivity index (χ0v) is 10.4. The Hall–Kier alpha value is -2.20. The first kappa shape index (κ1) is 13.2. The summed E-state index contributed by atoms with van der Waals surface area (Å²) in [6.45, 7) is 0.287. The molecule has 2 aromatic rings. The van der Waals surface area contributed by atoms with Crippen molar-refractivity contribution in [3.63, 3.8) is 0 Å². The summed E-state index contributed by atoms with van der Waals surface area (Å²) >= 11 is 0. The van der Waals surface area contributed by atoms with E-state index >= 15 is 0 Å². The normalized spacial score (nSPS) is 12.1. The highest BCUT2D eigenvalue weighted by Gasteiger charge is 2.11. The van der Waals surface area contributed by atoms with Gasteiger partial charge < -0.3 is 20.1 Å². The molecule has 19 heavy (non-hydrogen) atoms. The van der Waals surface area contributed by atoms with Crippen molar-refractivity contribution in [3.05, 3.63) is 54.1 Å². The Bertz CT molecular complexity index is 505. The van der Waals surface area contributed by atoms with Gasteiger partial charge in [-0.05, 0) is 42.0 Å². The van der Waals surface area contributed by atoms with Crippen LogP contribution in [0.3, 0.4) is 0 Å². The number of ether oxygens (including phenoxy) is 1. The maximum atomic E-state index is 9.39. The van der Waals surface area contributed by atoms with Gasteiger partial charge in [-0.1, -0.05) is 12.1 Å². The molecule has 0 aliphatic carbocycles. The molecule has 100 valence electrons. The van der Waals surface area contributed by atoms with Crippen LogP contribution in [0.15, 0.2) is 48.5 Å². The van der Waals surface area contributed by atoms with Crippen molar-refractivity contribution in [2.75, 3.05) is 13.2 Å². The number of benzene rings is 2. The molecule has 0 amide bonds. The van der Waals surface area contributed by atoms with Crippen molar-refractivity contribution in [1.29, 1.82) is 0 Å². The minimum absolute atomic E-state index is 0.0388. The lowest BCUT2D eigenvalue weighted by Gasteiger charge is -2.16. The molecule has 1 atom stereocenters. The van der Waals surface area contributed by atoms with Crippen molar-refractivity contribution < 1.29 is 20.1 Å². The topological polar surface area (TPSA) is 69.9 Å². The summed E-state index contributed by atoms with van der Waals surface area (Å²) in [5.74, 6) is 0.855. The average molecular weight is 260 g/mol. The van der Waals surface area contributed by atoms with Gasteiger partial charge in [0, 0.05) is 5.92 Å². The second-order valence-corrected chi connectivity index (χ2v) is 4.28. The third kappa shape index (κ3) is 3.63. The quantitative estimate of drug-likeness (QED) is 0.771. The standard InChI is InChI=1S/C15H16O4/c16-9-12(11-1-3-13(17)4-2-11)10-19-15-7-5-14(18)6-8-15/h1-8,12,16-18H,9-10H2. The van der Waals surface area contributed by atoms with Crippen LogP contribution in [-0.2, 0) is 0 Å². The lowest BCUT2D eigenvalue weighted by Crippen LogP contribution is -2.14. The number of hydrogen-bond donors (Lipinski definition) is 3. The molecule has 0 radical (unpaired) electrons. The Kier molecular flexibility index (Phi) is 4.26. The van der Waals surface area contributed by atoms with Crippen LogP contribution >= 0.6 is 0 Å². The maximum absolute atomic E-state index is 9.39. The fourth-order valence-electron chi connectivity index (χ4n) is 1.74. The van der Waals surface area contributed by atoms with Crippen LogP contribution in [0, 0.1) is 0 Å². The van der Waals surface area contributed by atoms with Crippen molar-refractivity contribution in [2.45, 2.75) is 5.92 Å². The predicted octanol–water partition coefficient (Wildman–Crippen LogP) is 2.25. The van der Waals surface area contributed by atoms with Crippen molar-refractivity contribution in [2.24, 2.45) is 0 Å². The number of phenols is 2. The largest absolute Gasteiger partial charge is 0.508 e. The molecular weight excluding hydrogens is 244 g/mol. The molecule has 0 spiro atoms. The van der Waals surface area contributed by atoms with Crippen LogP contribution in [-0.4, -0.2) is 28.5 Å². The SMILES string of the molecule is OCC(COc1ccc(O)cc1)c1ccc(O)cc1. The summed E-state index contributed by atoms with van der Waals surface area (Å²) in [5, 5.41) is 27.8. The molecule has 2 aromatic carbocycles. The summed E-state index contributed by atoms with van der Waals surface area (Å²) in [5.41, 5.74) is 0.902. The second-order valence-electron chi connectivity index (χ2n) is 4.28. The Morgan fingerprint density at radius 1 is 0.842 bits per heavy atom. The molecule has 1 unspecified atom stereocenters. The highest BCUT2D eigenvalue weighted by atomic mass is 16.5. The lowest BCUT2D eigenvalue weighted by atomic mass is 10.0. The maximum Gasteiger partial charge on any atom is 0.119 e. The molecule has 0 aliphatic rings. The smallest absolute Gasteiger partial charge is 0.119 e. The molecule has 0 fully saturated rings. The van der Waals surface area contributed by atoms with Crippen LogP contribution in [0.2, 0.25) is 0 Å². The van der Waals surface area contributed by atoms with Crippen molar-refractivity contribution >= 4 is 0 Å². The Morgan fingerprint density at radius 2 is 1.37 bits per heavy atom. The zero-order valence-electron chi connectivity index (χ0n) is 10.4. The third-order valence-corrected chi connectivity index (χ3v) is 2.87. The first-order chi connectivity index (χ1) is 9.19. The van der Waals surface area contributed by atoms with Gasteiger partial charge in [0.05, 0.1) is 13.2 Å². The van der Waals surface area contributed by atoms with E-state index in [0.717, 1.165) is 5.56 Å². The number of phenolic OH excluding ortho intramolecular Hbond substituents is 2. The second kappa shape index (κ2) is 6.11. The summed E-state index contributed by atoms with van der Waals surface area (Å²) < 4.78 is 5.57. The number of rotatable bonds is 5. The lowest BCUT2D eigenvalue weighted by molar-refractivity contribution is 0.205. The summed E-state index contributed by atoms with van der Waals surface area (Å²) in [6, 6.07) is 13.1. The highest BCUT2D eigenvalue weighted by molar-refractivity contribution is 5.31. The number of hydrogen-bond acceptors (Lipinski definition) is 4. The first-order valence-corrected chi connectivity index (χ1v) is 6.00. The fourth-order valence-corrected chi connectivity index (χ4v) is 1.74. The van der Waals surface area contributed by atoms with Gasteiger partial charge >= 0.3 is 0 Å². The molecular formula is C15H16O4.